The van der Waals surface area contributed by atoms with Gasteiger partial charge in [-0.2, -0.15) is 0 Å². The Balaban J connectivity index is 2.94. The van der Waals surface area contributed by atoms with Crippen molar-refractivity contribution in [2.24, 2.45) is 0 Å². The van der Waals surface area contributed by atoms with E-state index in [-0.39, 0.29) is 0 Å². The molecular formula is C6H7FN2. The van der Waals surface area contributed by atoms with Gasteiger partial charge in [0.2, 0.25) is 0 Å². The Morgan fingerprint density at radius 2 is 2.44 bits per heavy atom. The number of anilines is 1. The van der Waals surface area contributed by atoms with Gasteiger partial charge in [-0.3, -0.25) is 4.98 Å². The van der Waals surface area contributed by atoms with E-state index >= 15 is 0 Å². The molecule has 0 saturated carbocycles. The van der Waals surface area contributed by atoms with Crippen LogP contribution in [0.1, 0.15) is 5.69 Å². The van der Waals surface area contributed by atoms with Crippen LogP contribution in [0.3, 0.4) is 0 Å². The molecule has 0 aromatic carbocycles. The number of rotatable bonds is 1. The third kappa shape index (κ3) is 1.38. The van der Waals surface area contributed by atoms with Crippen LogP contribution in [0.15, 0.2) is 18.3 Å². The third-order valence-corrected chi connectivity index (χ3v) is 0.978. The Morgan fingerprint density at radius 3 is 2.89 bits per heavy atom. The SMILES string of the molecule is Nc1ccnc(CF)c1. The van der Waals surface area contributed by atoms with Gasteiger partial charge in [0.25, 0.3) is 0 Å². The van der Waals surface area contributed by atoms with Crippen molar-refractivity contribution >= 4 is 5.69 Å². The zero-order chi connectivity index (χ0) is 6.69. The molecule has 3 heteroatoms. The highest BCUT2D eigenvalue weighted by Gasteiger charge is 1.90. The molecule has 0 saturated heterocycles. The molecular weight excluding hydrogens is 119 g/mol. The van der Waals surface area contributed by atoms with Crippen LogP contribution in [0, 0.1) is 0 Å². The molecule has 0 bridgehead atoms. The lowest BCUT2D eigenvalue weighted by atomic mass is 10.3. The van der Waals surface area contributed by atoms with E-state index in [1.807, 2.05) is 0 Å². The minimum Gasteiger partial charge on any atom is -0.399 e. The van der Waals surface area contributed by atoms with Crippen LogP contribution in [0.25, 0.3) is 0 Å². The maximum Gasteiger partial charge on any atom is 0.131 e. The molecule has 2 nitrogen and oxygen atoms in total. The zero-order valence-corrected chi connectivity index (χ0v) is 4.84. The lowest BCUT2D eigenvalue weighted by Crippen LogP contribution is -1.89. The van der Waals surface area contributed by atoms with E-state index in [1.54, 1.807) is 6.07 Å². The summed E-state index contributed by atoms with van der Waals surface area (Å²) in [6.07, 6.45) is 1.49. The topological polar surface area (TPSA) is 38.9 Å². The van der Waals surface area contributed by atoms with E-state index < -0.39 is 6.67 Å². The minimum absolute atomic E-state index is 0.384. The summed E-state index contributed by atoms with van der Waals surface area (Å²) < 4.78 is 11.8. The lowest BCUT2D eigenvalue weighted by Gasteiger charge is -1.92. The fraction of sp³-hybridized carbons (Fsp3) is 0.167. The second-order valence-electron chi connectivity index (χ2n) is 1.71. The van der Waals surface area contributed by atoms with Gasteiger partial charge in [0.15, 0.2) is 0 Å². The summed E-state index contributed by atoms with van der Waals surface area (Å²) >= 11 is 0. The normalized spacial score (nSPS) is 9.44. The number of aromatic nitrogens is 1. The maximum atomic E-state index is 11.8. The van der Waals surface area contributed by atoms with Crippen molar-refractivity contribution in [1.29, 1.82) is 0 Å². The van der Waals surface area contributed by atoms with Crippen LogP contribution in [-0.2, 0) is 6.67 Å². The first kappa shape index (κ1) is 6.01. The third-order valence-electron chi connectivity index (χ3n) is 0.978. The lowest BCUT2D eigenvalue weighted by molar-refractivity contribution is 0.476. The fourth-order valence-electron chi connectivity index (χ4n) is 0.570. The van der Waals surface area contributed by atoms with Crippen LogP contribution in [0.5, 0.6) is 0 Å². The van der Waals surface area contributed by atoms with Gasteiger partial charge in [0.05, 0.1) is 5.69 Å². The van der Waals surface area contributed by atoms with Gasteiger partial charge in [0.1, 0.15) is 6.67 Å². The van der Waals surface area contributed by atoms with Gasteiger partial charge in [-0.15, -0.1) is 0 Å². The molecule has 1 aromatic rings. The molecule has 0 spiro atoms. The standard InChI is InChI=1S/C6H7FN2/c7-4-6-3-5(8)1-2-9-6/h1-3H,4H2,(H2,8,9). The summed E-state index contributed by atoms with van der Waals surface area (Å²) in [4.78, 5) is 3.70. The van der Waals surface area contributed by atoms with Crippen LogP contribution >= 0.6 is 0 Å². The van der Waals surface area contributed by atoms with E-state index in [9.17, 15) is 4.39 Å². The molecule has 0 amide bonds. The van der Waals surface area contributed by atoms with Crippen LogP contribution < -0.4 is 5.73 Å². The first-order valence-electron chi connectivity index (χ1n) is 2.59. The fourth-order valence-corrected chi connectivity index (χ4v) is 0.570. The Labute approximate surface area is 52.5 Å². The molecule has 0 radical (unpaired) electrons. The number of nitrogens with zero attached hydrogens (tertiary/aromatic N) is 1. The number of alkyl halides is 1. The average molecular weight is 126 g/mol. The van der Waals surface area contributed by atoms with Crippen molar-refractivity contribution in [3.63, 3.8) is 0 Å². The molecule has 48 valence electrons. The second-order valence-corrected chi connectivity index (χ2v) is 1.71. The smallest absolute Gasteiger partial charge is 0.131 e. The number of hydrogen-bond acceptors (Lipinski definition) is 2. The molecule has 9 heavy (non-hydrogen) atoms. The van der Waals surface area contributed by atoms with Gasteiger partial charge < -0.3 is 5.73 Å². The molecule has 2 N–H and O–H groups in total. The van der Waals surface area contributed by atoms with Gasteiger partial charge in [-0.05, 0) is 12.1 Å². The molecule has 1 aromatic heterocycles. The summed E-state index contributed by atoms with van der Waals surface area (Å²) in [5.41, 5.74) is 6.27. The van der Waals surface area contributed by atoms with E-state index in [0.717, 1.165) is 0 Å². The van der Waals surface area contributed by atoms with Crippen molar-refractivity contribution in [1.82, 2.24) is 4.98 Å². The highest BCUT2D eigenvalue weighted by molar-refractivity contribution is 5.36. The average Bonchev–Trinajstić information content (AvgIpc) is 1.88. The van der Waals surface area contributed by atoms with Crippen LogP contribution in [-0.4, -0.2) is 4.98 Å². The highest BCUT2D eigenvalue weighted by Crippen LogP contribution is 2.02. The van der Waals surface area contributed by atoms with Crippen LogP contribution in [0.2, 0.25) is 0 Å². The van der Waals surface area contributed by atoms with E-state index in [4.69, 9.17) is 5.73 Å². The largest absolute Gasteiger partial charge is 0.399 e. The van der Waals surface area contributed by atoms with Crippen molar-refractivity contribution in [2.45, 2.75) is 6.67 Å². The molecule has 1 rings (SSSR count). The molecule has 0 fully saturated rings. The van der Waals surface area contributed by atoms with Crippen LogP contribution in [0.4, 0.5) is 10.1 Å². The van der Waals surface area contributed by atoms with E-state index in [1.165, 1.54) is 12.3 Å². The molecule has 0 aliphatic carbocycles. The summed E-state index contributed by atoms with van der Waals surface area (Å²) in [5.74, 6) is 0. The quantitative estimate of drug-likeness (QED) is 0.612. The van der Waals surface area contributed by atoms with Crippen molar-refractivity contribution < 1.29 is 4.39 Å². The van der Waals surface area contributed by atoms with Crippen molar-refractivity contribution in [2.75, 3.05) is 5.73 Å². The molecule has 0 unspecified atom stereocenters. The highest BCUT2D eigenvalue weighted by atomic mass is 19.1. The maximum absolute atomic E-state index is 11.8. The van der Waals surface area contributed by atoms with Gasteiger partial charge in [0, 0.05) is 11.9 Å². The Bertz CT molecular complexity index is 200. The Kier molecular flexibility index (Phi) is 1.63. The predicted octanol–water partition coefficient (Wildman–Crippen LogP) is 1.13. The van der Waals surface area contributed by atoms with Crippen molar-refractivity contribution in [3.8, 4) is 0 Å². The zero-order valence-electron chi connectivity index (χ0n) is 4.84. The number of halogens is 1. The molecule has 0 atom stereocenters. The predicted molar refractivity (Wildman–Crippen MR) is 33.5 cm³/mol. The second kappa shape index (κ2) is 2.44. The van der Waals surface area contributed by atoms with E-state index in [2.05, 4.69) is 4.98 Å². The number of nitrogen functional groups attached to an aromatic ring is 1. The minimum atomic E-state index is -0.551. The van der Waals surface area contributed by atoms with Gasteiger partial charge in [-0.25, -0.2) is 4.39 Å². The number of pyridine rings is 1. The van der Waals surface area contributed by atoms with Crippen molar-refractivity contribution in [3.05, 3.63) is 24.0 Å². The molecule has 1 heterocycles. The Morgan fingerprint density at radius 1 is 1.67 bits per heavy atom. The summed E-state index contributed by atoms with van der Waals surface area (Å²) in [6, 6.07) is 3.14. The summed E-state index contributed by atoms with van der Waals surface area (Å²) in [5, 5.41) is 0. The van der Waals surface area contributed by atoms with Gasteiger partial charge >= 0.3 is 0 Å². The van der Waals surface area contributed by atoms with Gasteiger partial charge in [-0.1, -0.05) is 0 Å². The first-order valence-corrected chi connectivity index (χ1v) is 2.59. The summed E-state index contributed by atoms with van der Waals surface area (Å²) in [6.45, 7) is -0.551. The monoisotopic (exact) mass is 126 g/mol. The molecule has 0 aliphatic rings. The summed E-state index contributed by atoms with van der Waals surface area (Å²) in [7, 11) is 0. The van der Waals surface area contributed by atoms with E-state index in [0.29, 0.717) is 11.4 Å². The first-order chi connectivity index (χ1) is 4.33. The Hall–Kier alpha value is -1.12. The number of hydrogen-bond donors (Lipinski definition) is 1. The molecule has 0 aliphatic heterocycles. The number of nitrogens with two attached hydrogens (primary N) is 1.